The second-order valence-corrected chi connectivity index (χ2v) is 23.6. The third-order valence-electron chi connectivity index (χ3n) is 16.3. The fourth-order valence-corrected chi connectivity index (χ4v) is 11.0. The first-order valence-corrected chi connectivity index (χ1v) is 33.4. The molecule has 2 saturated heterocycles. The lowest BCUT2D eigenvalue weighted by Crippen LogP contribution is -2.65. The molecule has 0 aliphatic carbocycles. The van der Waals surface area contributed by atoms with E-state index < -0.39 is 86.8 Å². The van der Waals surface area contributed by atoms with Crippen LogP contribution in [0.25, 0.3) is 0 Å². The van der Waals surface area contributed by atoms with Crippen molar-refractivity contribution in [3.63, 3.8) is 0 Å². The van der Waals surface area contributed by atoms with E-state index in [1.807, 2.05) is 0 Å². The summed E-state index contributed by atoms with van der Waals surface area (Å²) in [6.45, 7) is 2.74. The molecule has 81 heavy (non-hydrogen) atoms. The van der Waals surface area contributed by atoms with Gasteiger partial charge in [0.25, 0.3) is 0 Å². The Balaban J connectivity index is 1.54. The van der Waals surface area contributed by atoms with Gasteiger partial charge in [-0.25, -0.2) is 0 Å². The molecule has 0 saturated carbocycles. The molecule has 474 valence electrons. The van der Waals surface area contributed by atoms with E-state index in [9.17, 15) is 45.6 Å². The summed E-state index contributed by atoms with van der Waals surface area (Å²) in [7, 11) is 0. The number of carbonyl (C=O) groups is 1. The molecule has 14 heteroatoms. The molecule has 1 amide bonds. The highest BCUT2D eigenvalue weighted by Crippen LogP contribution is 2.30. The summed E-state index contributed by atoms with van der Waals surface area (Å²) in [6.07, 6.45) is 50.2. The maximum absolute atomic E-state index is 13.3. The SMILES string of the molecule is CC/C=C\C/C=C\C/C=C\C/C=C\CCCCCCCCCCCCCCCCCCCCCCCCCCC(=O)NC(COC1OC(CO)C(OC2OC(CO)C(O)C(O)C2O)C(O)C1O)C(O)CCCCCCCCCCCC. The Morgan fingerprint density at radius 1 is 0.457 bits per heavy atom. The van der Waals surface area contributed by atoms with Crippen LogP contribution in [0.2, 0.25) is 0 Å². The van der Waals surface area contributed by atoms with Gasteiger partial charge in [-0.05, 0) is 51.4 Å². The predicted molar refractivity (Wildman–Crippen MR) is 327 cm³/mol. The van der Waals surface area contributed by atoms with Gasteiger partial charge in [-0.3, -0.25) is 4.79 Å². The van der Waals surface area contributed by atoms with Crippen LogP contribution < -0.4 is 5.32 Å². The monoisotopic (exact) mass is 1150 g/mol. The summed E-state index contributed by atoms with van der Waals surface area (Å²) in [4.78, 5) is 13.3. The third kappa shape index (κ3) is 37.2. The first-order valence-electron chi connectivity index (χ1n) is 33.4. The number of aliphatic hydroxyl groups excluding tert-OH is 8. The Hall–Kier alpha value is -2.05. The molecular formula is C67H123NO13. The number of unbranched alkanes of at least 4 members (excludes halogenated alkanes) is 33. The fourth-order valence-electron chi connectivity index (χ4n) is 11.0. The molecule has 0 radical (unpaired) electrons. The van der Waals surface area contributed by atoms with Crippen LogP contribution in [0.15, 0.2) is 48.6 Å². The average Bonchev–Trinajstić information content (AvgIpc) is 3.51. The van der Waals surface area contributed by atoms with E-state index in [2.05, 4.69) is 67.8 Å². The minimum Gasteiger partial charge on any atom is -0.394 e. The second kappa shape index (κ2) is 52.3. The van der Waals surface area contributed by atoms with Crippen molar-refractivity contribution in [2.75, 3.05) is 19.8 Å². The molecule has 2 aliphatic rings. The molecule has 2 rings (SSSR count). The van der Waals surface area contributed by atoms with Crippen molar-refractivity contribution in [1.29, 1.82) is 0 Å². The first-order chi connectivity index (χ1) is 39.6. The van der Waals surface area contributed by atoms with Crippen molar-refractivity contribution in [2.24, 2.45) is 0 Å². The molecule has 2 fully saturated rings. The number of carbonyl (C=O) groups excluding carboxylic acids is 1. The molecule has 14 nitrogen and oxygen atoms in total. The van der Waals surface area contributed by atoms with Crippen LogP contribution in [0.3, 0.4) is 0 Å². The molecular weight excluding hydrogens is 1030 g/mol. The summed E-state index contributed by atoms with van der Waals surface area (Å²) >= 11 is 0. The number of amides is 1. The largest absolute Gasteiger partial charge is 0.394 e. The summed E-state index contributed by atoms with van der Waals surface area (Å²) in [5, 5.41) is 87.2. The lowest BCUT2D eigenvalue weighted by Gasteiger charge is -2.46. The van der Waals surface area contributed by atoms with Crippen LogP contribution in [0.4, 0.5) is 0 Å². The summed E-state index contributed by atoms with van der Waals surface area (Å²) in [6, 6.07) is -0.825. The third-order valence-corrected chi connectivity index (χ3v) is 16.3. The minimum absolute atomic E-state index is 0.204. The van der Waals surface area contributed by atoms with Crippen LogP contribution >= 0.6 is 0 Å². The molecule has 12 unspecified atom stereocenters. The normalized spacial score (nSPS) is 24.4. The number of allylic oxidation sites excluding steroid dienone is 8. The van der Waals surface area contributed by atoms with Crippen molar-refractivity contribution < 1.29 is 64.6 Å². The smallest absolute Gasteiger partial charge is 0.220 e. The van der Waals surface area contributed by atoms with Gasteiger partial charge in [0, 0.05) is 6.42 Å². The first kappa shape index (κ1) is 75.0. The Bertz CT molecular complexity index is 1540. The summed E-state index contributed by atoms with van der Waals surface area (Å²) in [5.41, 5.74) is 0. The van der Waals surface area contributed by atoms with Crippen LogP contribution in [0.1, 0.15) is 277 Å². The van der Waals surface area contributed by atoms with Crippen LogP contribution in [0.5, 0.6) is 0 Å². The molecule has 0 bridgehead atoms. The number of hydrogen-bond donors (Lipinski definition) is 9. The summed E-state index contributed by atoms with van der Waals surface area (Å²) < 4.78 is 22.8. The Morgan fingerprint density at radius 3 is 1.31 bits per heavy atom. The van der Waals surface area contributed by atoms with E-state index in [-0.39, 0.29) is 12.5 Å². The van der Waals surface area contributed by atoms with Gasteiger partial charge in [-0.2, -0.15) is 0 Å². The zero-order valence-electron chi connectivity index (χ0n) is 51.3. The second-order valence-electron chi connectivity index (χ2n) is 23.6. The Kier molecular flexibility index (Phi) is 48.5. The van der Waals surface area contributed by atoms with Crippen molar-refractivity contribution in [3.05, 3.63) is 48.6 Å². The van der Waals surface area contributed by atoms with Gasteiger partial charge in [0.2, 0.25) is 5.91 Å². The van der Waals surface area contributed by atoms with Gasteiger partial charge in [-0.1, -0.05) is 268 Å². The van der Waals surface area contributed by atoms with E-state index in [0.29, 0.717) is 12.8 Å². The molecule has 0 spiro atoms. The standard InChI is InChI=1S/C67H123NO13/c1-3-5-7-9-11-13-15-16-17-18-19-20-21-22-23-24-25-26-27-28-29-30-31-32-33-34-35-36-37-38-39-40-41-43-45-47-49-51-59(72)68-55(56(71)50-48-46-44-42-14-12-10-8-6-4-2)54-78-66-64(77)62(75)65(58(53-70)80-66)81-67-63(76)61(74)60(73)57(52-69)79-67/h5,7,11,13,16-17,19-20,55-58,60-67,69-71,73-77H,3-4,6,8-10,12,14-15,18,21-54H2,1-2H3,(H,68,72)/b7-5-,13-11-,17-16-,20-19-. The highest BCUT2D eigenvalue weighted by molar-refractivity contribution is 5.76. The highest BCUT2D eigenvalue weighted by Gasteiger charge is 2.51. The van der Waals surface area contributed by atoms with E-state index >= 15 is 0 Å². The van der Waals surface area contributed by atoms with E-state index in [4.69, 9.17) is 18.9 Å². The van der Waals surface area contributed by atoms with E-state index in [1.54, 1.807) is 0 Å². The topological polar surface area (TPSA) is 228 Å². The van der Waals surface area contributed by atoms with Crippen LogP contribution in [-0.4, -0.2) is 140 Å². The number of aliphatic hydroxyl groups is 8. The maximum atomic E-state index is 13.3. The van der Waals surface area contributed by atoms with Gasteiger partial charge in [-0.15, -0.1) is 0 Å². The van der Waals surface area contributed by atoms with Gasteiger partial charge >= 0.3 is 0 Å². The Labute approximate surface area is 493 Å². The van der Waals surface area contributed by atoms with Crippen LogP contribution in [-0.2, 0) is 23.7 Å². The van der Waals surface area contributed by atoms with Crippen LogP contribution in [0, 0.1) is 0 Å². The maximum Gasteiger partial charge on any atom is 0.220 e. The van der Waals surface area contributed by atoms with Gasteiger partial charge in [0.1, 0.15) is 48.8 Å². The van der Waals surface area contributed by atoms with Gasteiger partial charge in [0.15, 0.2) is 12.6 Å². The molecule has 0 aromatic carbocycles. The summed E-state index contributed by atoms with van der Waals surface area (Å²) in [5.74, 6) is -0.204. The fraction of sp³-hybridized carbons (Fsp3) is 0.866. The van der Waals surface area contributed by atoms with Crippen molar-refractivity contribution in [2.45, 2.75) is 351 Å². The minimum atomic E-state index is -1.78. The molecule has 0 aromatic heterocycles. The quantitative estimate of drug-likeness (QED) is 0.0204. The number of ether oxygens (including phenoxy) is 4. The number of nitrogens with one attached hydrogen (secondary N) is 1. The highest BCUT2D eigenvalue weighted by atomic mass is 16.7. The zero-order chi connectivity index (χ0) is 58.8. The molecule has 12 atom stereocenters. The molecule has 2 heterocycles. The molecule has 9 N–H and O–H groups in total. The van der Waals surface area contributed by atoms with Crippen molar-refractivity contribution in [3.8, 4) is 0 Å². The molecule has 2 aliphatic heterocycles. The predicted octanol–water partition coefficient (Wildman–Crippen LogP) is 12.7. The zero-order valence-corrected chi connectivity index (χ0v) is 51.3. The van der Waals surface area contributed by atoms with E-state index in [0.717, 1.165) is 77.0 Å². The van der Waals surface area contributed by atoms with Crippen molar-refractivity contribution in [1.82, 2.24) is 5.32 Å². The number of rotatable bonds is 54. The van der Waals surface area contributed by atoms with E-state index in [1.165, 1.54) is 173 Å². The van der Waals surface area contributed by atoms with Gasteiger partial charge < -0.3 is 65.1 Å². The Morgan fingerprint density at radius 2 is 0.852 bits per heavy atom. The average molecular weight is 1150 g/mol. The van der Waals surface area contributed by atoms with Gasteiger partial charge in [0.05, 0.1) is 32.0 Å². The lowest BCUT2D eigenvalue weighted by atomic mass is 9.97. The number of hydrogen-bond acceptors (Lipinski definition) is 13. The lowest BCUT2D eigenvalue weighted by molar-refractivity contribution is -0.359. The van der Waals surface area contributed by atoms with Crippen molar-refractivity contribution >= 4 is 5.91 Å². The molecule has 0 aromatic rings.